The quantitative estimate of drug-likeness (QED) is 0.838. The van der Waals surface area contributed by atoms with E-state index in [2.05, 4.69) is 20.7 Å². The Bertz CT molecular complexity index is 395. The predicted molar refractivity (Wildman–Crippen MR) is 78.6 cm³/mol. The molecule has 0 aliphatic rings. The molecule has 0 saturated carbocycles. The first kappa shape index (κ1) is 15.3. The third kappa shape index (κ3) is 4.45. The van der Waals surface area contributed by atoms with Gasteiger partial charge in [0.05, 0.1) is 6.04 Å². The van der Waals surface area contributed by atoms with Gasteiger partial charge in [-0.25, -0.2) is 0 Å². The largest absolute Gasteiger partial charge is 0.598 e. The summed E-state index contributed by atoms with van der Waals surface area (Å²) in [5.74, 6) is 0. The summed E-state index contributed by atoms with van der Waals surface area (Å²) in [6, 6.07) is 5.66. The van der Waals surface area contributed by atoms with Gasteiger partial charge in [0.15, 0.2) is 0 Å². The molecule has 0 amide bonds. The molecule has 0 fully saturated rings. The fourth-order valence-electron chi connectivity index (χ4n) is 1.25. The summed E-state index contributed by atoms with van der Waals surface area (Å²) in [7, 11) is 0. The molecule has 0 bridgehead atoms. The summed E-state index contributed by atoms with van der Waals surface area (Å²) in [5, 5.41) is 0.672. The van der Waals surface area contributed by atoms with Crippen LogP contribution in [0.15, 0.2) is 22.7 Å². The molecular weight excluding hydrogens is 322 g/mol. The van der Waals surface area contributed by atoms with E-state index < -0.39 is 11.4 Å². The molecule has 1 N–H and O–H groups in total. The van der Waals surface area contributed by atoms with Crippen LogP contribution in [0.25, 0.3) is 0 Å². The van der Waals surface area contributed by atoms with Crippen molar-refractivity contribution in [3.05, 3.63) is 33.3 Å². The Morgan fingerprint density at radius 3 is 2.47 bits per heavy atom. The standard InChI is InChI=1S/C12H17BrClNOS/c1-8(15-17(16)12(2,3)4)10-6-5-9(13)7-11(10)14/h5-8,15H,1-4H3. The van der Waals surface area contributed by atoms with E-state index >= 15 is 0 Å². The maximum absolute atomic E-state index is 12.0. The third-order valence-electron chi connectivity index (χ3n) is 2.27. The summed E-state index contributed by atoms with van der Waals surface area (Å²) in [6.07, 6.45) is 0. The highest BCUT2D eigenvalue weighted by Gasteiger charge is 2.28. The van der Waals surface area contributed by atoms with E-state index in [-0.39, 0.29) is 10.8 Å². The molecule has 17 heavy (non-hydrogen) atoms. The average molecular weight is 339 g/mol. The topological polar surface area (TPSA) is 35.1 Å². The van der Waals surface area contributed by atoms with Gasteiger partial charge in [0.1, 0.15) is 4.75 Å². The van der Waals surface area contributed by atoms with Crippen LogP contribution in [0, 0.1) is 0 Å². The fraction of sp³-hybridized carbons (Fsp3) is 0.500. The Hall–Kier alpha value is 0.260. The van der Waals surface area contributed by atoms with Gasteiger partial charge < -0.3 is 4.55 Å². The minimum absolute atomic E-state index is 0.0457. The zero-order valence-electron chi connectivity index (χ0n) is 10.4. The molecule has 1 rings (SSSR count). The first-order chi connectivity index (χ1) is 7.71. The lowest BCUT2D eigenvalue weighted by Crippen LogP contribution is -2.40. The Kier molecular flexibility index (Phi) is 5.35. The minimum Gasteiger partial charge on any atom is -0.598 e. The molecule has 0 spiro atoms. The van der Waals surface area contributed by atoms with Gasteiger partial charge in [-0.05, 0) is 45.4 Å². The van der Waals surface area contributed by atoms with Crippen molar-refractivity contribution >= 4 is 38.9 Å². The van der Waals surface area contributed by atoms with Gasteiger partial charge in [-0.3, -0.25) is 0 Å². The molecule has 0 heterocycles. The fourth-order valence-corrected chi connectivity index (χ4v) is 2.89. The molecule has 96 valence electrons. The van der Waals surface area contributed by atoms with E-state index in [4.69, 9.17) is 11.6 Å². The third-order valence-corrected chi connectivity index (χ3v) is 4.77. The van der Waals surface area contributed by atoms with Crippen LogP contribution in [0.5, 0.6) is 0 Å². The van der Waals surface area contributed by atoms with E-state index in [9.17, 15) is 4.55 Å². The highest BCUT2D eigenvalue weighted by atomic mass is 79.9. The van der Waals surface area contributed by atoms with Crippen molar-refractivity contribution in [2.45, 2.75) is 38.5 Å². The highest BCUT2D eigenvalue weighted by molar-refractivity contribution is 9.10. The van der Waals surface area contributed by atoms with Crippen molar-refractivity contribution in [3.63, 3.8) is 0 Å². The second-order valence-electron chi connectivity index (χ2n) is 4.89. The Balaban J connectivity index is 2.80. The van der Waals surface area contributed by atoms with E-state index in [0.29, 0.717) is 5.02 Å². The zero-order valence-corrected chi connectivity index (χ0v) is 13.5. The van der Waals surface area contributed by atoms with Gasteiger partial charge >= 0.3 is 0 Å². The van der Waals surface area contributed by atoms with Crippen molar-refractivity contribution in [1.82, 2.24) is 4.72 Å². The van der Waals surface area contributed by atoms with Crippen LogP contribution >= 0.6 is 27.5 Å². The number of hydrogen-bond acceptors (Lipinski definition) is 2. The lowest BCUT2D eigenvalue weighted by atomic mass is 10.1. The van der Waals surface area contributed by atoms with E-state index in [0.717, 1.165) is 10.0 Å². The van der Waals surface area contributed by atoms with E-state index in [1.165, 1.54) is 0 Å². The van der Waals surface area contributed by atoms with Crippen molar-refractivity contribution in [3.8, 4) is 0 Å². The second kappa shape index (κ2) is 5.93. The maximum atomic E-state index is 12.0. The molecular formula is C12H17BrClNOS. The molecule has 1 aromatic carbocycles. The lowest BCUT2D eigenvalue weighted by Gasteiger charge is -2.26. The van der Waals surface area contributed by atoms with Crippen molar-refractivity contribution in [1.29, 1.82) is 0 Å². The van der Waals surface area contributed by atoms with Crippen LogP contribution in [-0.2, 0) is 11.4 Å². The molecule has 5 heteroatoms. The first-order valence-corrected chi connectivity index (χ1v) is 7.67. The molecule has 2 unspecified atom stereocenters. The van der Waals surface area contributed by atoms with Crippen LogP contribution in [0.2, 0.25) is 5.02 Å². The lowest BCUT2D eigenvalue weighted by molar-refractivity contribution is 0.531. The van der Waals surface area contributed by atoms with Gasteiger partial charge in [0, 0.05) is 20.9 Å². The summed E-state index contributed by atoms with van der Waals surface area (Å²) in [5.41, 5.74) is 0.951. The number of benzene rings is 1. The molecule has 1 aromatic rings. The molecule has 0 saturated heterocycles. The van der Waals surface area contributed by atoms with Crippen molar-refractivity contribution in [2.75, 3.05) is 0 Å². The summed E-state index contributed by atoms with van der Waals surface area (Å²) >= 11 is 8.41. The SMILES string of the molecule is CC(N[S+]([O-])C(C)(C)C)c1ccc(Br)cc1Cl. The number of hydrogen-bond donors (Lipinski definition) is 1. The van der Waals surface area contributed by atoms with Crippen LogP contribution < -0.4 is 4.72 Å². The predicted octanol–water partition coefficient (Wildman–Crippen LogP) is 4.22. The first-order valence-electron chi connectivity index (χ1n) is 5.35. The van der Waals surface area contributed by atoms with Crippen LogP contribution in [0.4, 0.5) is 0 Å². The van der Waals surface area contributed by atoms with Crippen molar-refractivity contribution < 1.29 is 4.55 Å². The zero-order chi connectivity index (χ0) is 13.2. The van der Waals surface area contributed by atoms with Crippen LogP contribution in [-0.4, -0.2) is 9.30 Å². The molecule has 0 aromatic heterocycles. The number of nitrogens with one attached hydrogen (secondary N) is 1. The molecule has 0 radical (unpaired) electrons. The smallest absolute Gasteiger partial charge is 0.136 e. The molecule has 2 nitrogen and oxygen atoms in total. The van der Waals surface area contributed by atoms with Gasteiger partial charge in [-0.2, -0.15) is 0 Å². The Morgan fingerprint density at radius 1 is 1.41 bits per heavy atom. The monoisotopic (exact) mass is 337 g/mol. The molecule has 2 atom stereocenters. The Labute approximate surface area is 120 Å². The normalized spacial score (nSPS) is 15.7. The van der Waals surface area contributed by atoms with Gasteiger partial charge in [-0.15, -0.1) is 4.72 Å². The minimum atomic E-state index is -1.10. The van der Waals surface area contributed by atoms with Gasteiger partial charge in [0.2, 0.25) is 0 Å². The van der Waals surface area contributed by atoms with Gasteiger partial charge in [-0.1, -0.05) is 33.6 Å². The van der Waals surface area contributed by atoms with E-state index in [1.54, 1.807) is 0 Å². The van der Waals surface area contributed by atoms with Crippen LogP contribution in [0.3, 0.4) is 0 Å². The summed E-state index contributed by atoms with van der Waals surface area (Å²) in [6.45, 7) is 7.77. The summed E-state index contributed by atoms with van der Waals surface area (Å²) in [4.78, 5) is 0. The number of rotatable bonds is 3. The van der Waals surface area contributed by atoms with Crippen molar-refractivity contribution in [2.24, 2.45) is 0 Å². The average Bonchev–Trinajstić information content (AvgIpc) is 2.15. The Morgan fingerprint density at radius 2 is 2.00 bits per heavy atom. The van der Waals surface area contributed by atoms with Gasteiger partial charge in [0.25, 0.3) is 0 Å². The molecule has 0 aliphatic carbocycles. The maximum Gasteiger partial charge on any atom is 0.136 e. The van der Waals surface area contributed by atoms with E-state index in [1.807, 2.05) is 45.9 Å². The molecule has 0 aliphatic heterocycles. The van der Waals surface area contributed by atoms with Crippen LogP contribution in [0.1, 0.15) is 39.3 Å². The second-order valence-corrected chi connectivity index (χ2v) is 8.21. The highest BCUT2D eigenvalue weighted by Crippen LogP contribution is 2.27. The number of halogens is 2. The summed E-state index contributed by atoms with van der Waals surface area (Å²) < 4.78 is 15.7.